The summed E-state index contributed by atoms with van der Waals surface area (Å²) in [7, 11) is 6.79. The number of hydrogen-bond donors (Lipinski definition) is 0. The van der Waals surface area contributed by atoms with Crippen LogP contribution in [0, 0.1) is 0 Å². The Bertz CT molecular complexity index is 2010. The molecule has 0 saturated carbocycles. The number of nitrogens with zero attached hydrogens (tertiary/aromatic N) is 2. The van der Waals surface area contributed by atoms with Crippen molar-refractivity contribution in [3.8, 4) is 0 Å². The highest BCUT2D eigenvalue weighted by Crippen LogP contribution is 2.55. The fourth-order valence-corrected chi connectivity index (χ4v) is 8.05. The quantitative estimate of drug-likeness (QED) is 0.146. The minimum atomic E-state index is -1.12. The van der Waals surface area contributed by atoms with Crippen LogP contribution in [0.4, 0.5) is 0 Å². The van der Waals surface area contributed by atoms with Gasteiger partial charge in [-0.25, -0.2) is 19.2 Å². The monoisotopic (exact) mass is 714 g/mol. The molecule has 1 fully saturated rings. The van der Waals surface area contributed by atoms with Gasteiger partial charge >= 0.3 is 23.9 Å². The van der Waals surface area contributed by atoms with Gasteiger partial charge in [-0.2, -0.15) is 0 Å². The zero-order chi connectivity index (χ0) is 37.6. The van der Waals surface area contributed by atoms with Gasteiger partial charge in [0.1, 0.15) is 11.3 Å². The Morgan fingerprint density at radius 1 is 0.528 bits per heavy atom. The van der Waals surface area contributed by atoms with Crippen LogP contribution in [-0.4, -0.2) is 75.2 Å². The topological polar surface area (TPSA) is 112 Å². The van der Waals surface area contributed by atoms with Gasteiger partial charge in [-0.15, -0.1) is 0 Å². The number of carbonyl (C=O) groups is 4. The van der Waals surface area contributed by atoms with E-state index in [2.05, 4.69) is 36.2 Å². The number of likely N-dealkylation sites (N-methyl/N-ethyl adjacent to an activating group) is 1. The first-order valence-electron chi connectivity index (χ1n) is 17.3. The molecule has 0 amide bonds. The van der Waals surface area contributed by atoms with E-state index in [1.807, 2.05) is 84.9 Å². The molecule has 4 aromatic rings. The summed E-state index contributed by atoms with van der Waals surface area (Å²) in [6.45, 7) is 0. The molecule has 6 rings (SSSR count). The van der Waals surface area contributed by atoms with Gasteiger partial charge < -0.3 is 23.8 Å². The first kappa shape index (κ1) is 36.8. The van der Waals surface area contributed by atoms with Crippen molar-refractivity contribution in [3.63, 3.8) is 0 Å². The van der Waals surface area contributed by atoms with E-state index in [9.17, 15) is 19.2 Å². The maximum Gasteiger partial charge on any atom is 0.355 e. The molecule has 1 saturated heterocycles. The molecule has 2 aliphatic rings. The summed E-state index contributed by atoms with van der Waals surface area (Å²) < 4.78 is 21.3. The van der Waals surface area contributed by atoms with E-state index in [0.717, 1.165) is 30.9 Å². The molecule has 10 nitrogen and oxygen atoms in total. The molecule has 0 aromatic heterocycles. The van der Waals surface area contributed by atoms with Crippen molar-refractivity contribution in [3.05, 3.63) is 166 Å². The van der Waals surface area contributed by atoms with Crippen LogP contribution in [0.2, 0.25) is 0 Å². The number of ether oxygens (including phenoxy) is 4. The van der Waals surface area contributed by atoms with Gasteiger partial charge in [-0.3, -0.25) is 4.90 Å². The standard InChI is InChI=1S/C43H42N2O8/c1-44-31(27-18-10-6-11-19-27)26-32(33(28-20-12-7-13-21-28)37(44)29-22-14-8-15-23-29)45-38(30-24-16-9-17-25-30)35(41(47)51-3)34(40(46)50-2)36(42(48)52-4)39(45)43(49)53-5/h6-25,31-33,37-38H,26H2,1-5H3. The van der Waals surface area contributed by atoms with Gasteiger partial charge in [0.2, 0.25) is 0 Å². The molecule has 0 N–H and O–H groups in total. The van der Waals surface area contributed by atoms with E-state index in [-0.39, 0.29) is 29.3 Å². The number of carbonyl (C=O) groups excluding carboxylic acids is 4. The Balaban J connectivity index is 1.77. The molecule has 0 aliphatic carbocycles. The summed E-state index contributed by atoms with van der Waals surface area (Å²) >= 11 is 0. The third-order valence-corrected chi connectivity index (χ3v) is 10.3. The summed E-state index contributed by atoms with van der Waals surface area (Å²) in [4.78, 5) is 60.6. The summed E-state index contributed by atoms with van der Waals surface area (Å²) in [5, 5.41) is 0. The van der Waals surface area contributed by atoms with Crippen molar-refractivity contribution in [2.75, 3.05) is 35.5 Å². The first-order chi connectivity index (χ1) is 25.8. The molecular formula is C43H42N2O8. The Kier molecular flexibility index (Phi) is 11.2. The highest BCUT2D eigenvalue weighted by atomic mass is 16.5. The number of piperidine rings is 1. The van der Waals surface area contributed by atoms with E-state index in [1.54, 1.807) is 17.0 Å². The van der Waals surface area contributed by atoms with E-state index < -0.39 is 47.1 Å². The van der Waals surface area contributed by atoms with Crippen LogP contribution in [0.25, 0.3) is 0 Å². The Morgan fingerprint density at radius 3 is 1.45 bits per heavy atom. The lowest BCUT2D eigenvalue weighted by atomic mass is 9.71. The van der Waals surface area contributed by atoms with Crippen LogP contribution in [0.15, 0.2) is 144 Å². The zero-order valence-electron chi connectivity index (χ0n) is 30.3. The predicted molar refractivity (Wildman–Crippen MR) is 197 cm³/mol. The fraction of sp³-hybridized carbons (Fsp3) is 0.256. The van der Waals surface area contributed by atoms with Gasteiger partial charge in [0.25, 0.3) is 0 Å². The number of likely N-dealkylation sites (tertiary alicyclic amines) is 1. The number of benzene rings is 4. The van der Waals surface area contributed by atoms with E-state index in [1.165, 1.54) is 14.2 Å². The van der Waals surface area contributed by atoms with Gasteiger partial charge in [0, 0.05) is 24.0 Å². The molecule has 53 heavy (non-hydrogen) atoms. The summed E-state index contributed by atoms with van der Waals surface area (Å²) in [6.07, 6.45) is 0.420. The summed E-state index contributed by atoms with van der Waals surface area (Å²) in [6, 6.07) is 37.0. The molecule has 10 heteroatoms. The van der Waals surface area contributed by atoms with Crippen molar-refractivity contribution >= 4 is 23.9 Å². The maximum atomic E-state index is 14.4. The molecular weight excluding hydrogens is 672 g/mol. The first-order valence-corrected chi connectivity index (χ1v) is 17.3. The highest BCUT2D eigenvalue weighted by molar-refractivity contribution is 6.16. The minimum absolute atomic E-state index is 0.170. The predicted octanol–water partition coefficient (Wildman–Crippen LogP) is 6.26. The molecule has 272 valence electrons. The third kappa shape index (κ3) is 6.85. The number of hydrogen-bond acceptors (Lipinski definition) is 10. The second kappa shape index (κ2) is 16.1. The maximum absolute atomic E-state index is 14.4. The Morgan fingerprint density at radius 2 is 0.962 bits per heavy atom. The average molecular weight is 715 g/mol. The second-order valence-corrected chi connectivity index (χ2v) is 12.9. The second-order valence-electron chi connectivity index (χ2n) is 12.9. The summed E-state index contributed by atoms with van der Waals surface area (Å²) in [5.41, 5.74) is 2.32. The van der Waals surface area contributed by atoms with Crippen LogP contribution < -0.4 is 0 Å². The molecule has 5 atom stereocenters. The zero-order valence-corrected chi connectivity index (χ0v) is 30.3. The van der Waals surface area contributed by atoms with Crippen LogP contribution in [0.5, 0.6) is 0 Å². The average Bonchev–Trinajstić information content (AvgIpc) is 3.22. The molecule has 2 heterocycles. The molecule has 5 unspecified atom stereocenters. The van der Waals surface area contributed by atoms with Crippen molar-refractivity contribution < 1.29 is 38.1 Å². The van der Waals surface area contributed by atoms with Gasteiger partial charge in [-0.05, 0) is 35.7 Å². The lowest BCUT2D eigenvalue weighted by Crippen LogP contribution is -2.55. The number of esters is 4. The largest absolute Gasteiger partial charge is 0.466 e. The van der Waals surface area contributed by atoms with Crippen molar-refractivity contribution in [1.82, 2.24) is 9.80 Å². The van der Waals surface area contributed by atoms with Crippen molar-refractivity contribution in [1.29, 1.82) is 0 Å². The Labute approximate surface area is 309 Å². The number of methoxy groups -OCH3 is 4. The van der Waals surface area contributed by atoms with Gasteiger partial charge in [-0.1, -0.05) is 121 Å². The molecule has 4 aromatic carbocycles. The van der Waals surface area contributed by atoms with Crippen molar-refractivity contribution in [2.45, 2.75) is 36.5 Å². The van der Waals surface area contributed by atoms with Crippen LogP contribution in [0.1, 0.15) is 52.7 Å². The lowest BCUT2D eigenvalue weighted by Gasteiger charge is -2.55. The van der Waals surface area contributed by atoms with Gasteiger partial charge in [0.05, 0.1) is 45.6 Å². The van der Waals surface area contributed by atoms with Crippen LogP contribution in [0.3, 0.4) is 0 Å². The highest BCUT2D eigenvalue weighted by Gasteiger charge is 2.54. The lowest BCUT2D eigenvalue weighted by molar-refractivity contribution is -0.145. The number of rotatable bonds is 9. The normalized spacial score (nSPS) is 21.8. The van der Waals surface area contributed by atoms with Crippen molar-refractivity contribution in [2.24, 2.45) is 0 Å². The van der Waals surface area contributed by atoms with E-state index >= 15 is 0 Å². The molecule has 0 spiro atoms. The molecule has 0 radical (unpaired) electrons. The summed E-state index contributed by atoms with van der Waals surface area (Å²) in [5.74, 6) is -4.19. The van der Waals surface area contributed by atoms with E-state index in [4.69, 9.17) is 18.9 Å². The molecule has 2 aliphatic heterocycles. The van der Waals surface area contributed by atoms with Gasteiger partial charge in [0.15, 0.2) is 0 Å². The van der Waals surface area contributed by atoms with E-state index in [0.29, 0.717) is 12.0 Å². The smallest absolute Gasteiger partial charge is 0.355 e. The fourth-order valence-electron chi connectivity index (χ4n) is 8.05. The van der Waals surface area contributed by atoms with Crippen LogP contribution >= 0.6 is 0 Å². The SMILES string of the molecule is COC(=O)C1=C(C(=O)OC)C(c2ccccc2)N(C2CC(c3ccccc3)N(C)C(c3ccccc3)C2c2ccccc2)C(C(=O)OC)=C1C(=O)OC. The Hall–Kier alpha value is -6.00. The van der Waals surface area contributed by atoms with Crippen LogP contribution in [-0.2, 0) is 38.1 Å². The third-order valence-electron chi connectivity index (χ3n) is 10.3. The molecule has 0 bridgehead atoms. The minimum Gasteiger partial charge on any atom is -0.466 e.